The summed E-state index contributed by atoms with van der Waals surface area (Å²) in [5, 5.41) is 1.46. The number of halogens is 1. The zero-order chi connectivity index (χ0) is 19.3. The molecule has 2 aromatic heterocycles. The molecule has 5 nitrogen and oxygen atoms in total. The summed E-state index contributed by atoms with van der Waals surface area (Å²) in [4.78, 5) is 23.1. The molecule has 1 aromatic carbocycles. The standard InChI is InChI=1S/C21H22ClN3O2S/c1-13-2-7-17-16(12-13)18-19(28-17)23-21(24-8-10-27-11-9-24)25(20(18)26)15-5-3-14(22)4-6-15/h3-6,13H,2,7-12H2,1H3/t13-/m0/s1. The summed E-state index contributed by atoms with van der Waals surface area (Å²) in [5.41, 5.74) is 2.04. The highest BCUT2D eigenvalue weighted by atomic mass is 35.5. The van der Waals surface area contributed by atoms with E-state index in [1.165, 1.54) is 16.9 Å². The molecule has 0 saturated carbocycles. The molecule has 1 atom stereocenters. The number of rotatable bonds is 2. The van der Waals surface area contributed by atoms with Crippen molar-refractivity contribution >= 4 is 39.1 Å². The number of aromatic nitrogens is 2. The Bertz CT molecular complexity index is 1080. The molecule has 1 aliphatic heterocycles. The lowest BCUT2D eigenvalue weighted by Gasteiger charge is -2.29. The molecular weight excluding hydrogens is 394 g/mol. The average molecular weight is 416 g/mol. The highest BCUT2D eigenvalue weighted by molar-refractivity contribution is 7.18. The number of thiophene rings is 1. The van der Waals surface area contributed by atoms with Gasteiger partial charge in [-0.05, 0) is 55.0 Å². The fraction of sp³-hybridized carbons (Fsp3) is 0.429. The molecule has 0 radical (unpaired) electrons. The Morgan fingerprint density at radius 3 is 2.71 bits per heavy atom. The van der Waals surface area contributed by atoms with Gasteiger partial charge in [-0.1, -0.05) is 18.5 Å². The van der Waals surface area contributed by atoms with Gasteiger partial charge in [0.15, 0.2) is 0 Å². The Balaban J connectivity index is 1.78. The Labute approximate surface area is 172 Å². The molecule has 1 aliphatic carbocycles. The zero-order valence-electron chi connectivity index (χ0n) is 15.8. The van der Waals surface area contributed by atoms with Crippen LogP contribution in [0.25, 0.3) is 15.9 Å². The van der Waals surface area contributed by atoms with Crippen LogP contribution in [0.4, 0.5) is 5.95 Å². The summed E-state index contributed by atoms with van der Waals surface area (Å²) < 4.78 is 7.27. The maximum absolute atomic E-state index is 13.8. The van der Waals surface area contributed by atoms with E-state index in [2.05, 4.69) is 11.8 Å². The number of benzene rings is 1. The molecule has 7 heteroatoms. The number of anilines is 1. The van der Waals surface area contributed by atoms with Crippen molar-refractivity contribution < 1.29 is 4.74 Å². The minimum absolute atomic E-state index is 0.0282. The number of ether oxygens (including phenoxy) is 1. The predicted molar refractivity (Wildman–Crippen MR) is 114 cm³/mol. The molecule has 28 heavy (non-hydrogen) atoms. The van der Waals surface area contributed by atoms with Crippen molar-refractivity contribution in [2.24, 2.45) is 5.92 Å². The second-order valence-electron chi connectivity index (χ2n) is 7.66. The Morgan fingerprint density at radius 2 is 1.96 bits per heavy atom. The fourth-order valence-corrected chi connectivity index (χ4v) is 5.51. The van der Waals surface area contributed by atoms with Gasteiger partial charge in [-0.3, -0.25) is 4.79 Å². The van der Waals surface area contributed by atoms with Crippen LogP contribution in [-0.4, -0.2) is 35.9 Å². The van der Waals surface area contributed by atoms with Crippen molar-refractivity contribution in [1.82, 2.24) is 9.55 Å². The molecule has 1 fully saturated rings. The summed E-state index contributed by atoms with van der Waals surface area (Å²) in [6, 6.07) is 7.43. The van der Waals surface area contributed by atoms with Gasteiger partial charge in [0, 0.05) is 23.0 Å². The van der Waals surface area contributed by atoms with Crippen LogP contribution in [0, 0.1) is 5.92 Å². The van der Waals surface area contributed by atoms with E-state index in [0.717, 1.165) is 41.8 Å². The average Bonchev–Trinajstić information content (AvgIpc) is 3.07. The molecule has 0 N–H and O–H groups in total. The molecule has 0 spiro atoms. The van der Waals surface area contributed by atoms with Crippen LogP contribution in [0.5, 0.6) is 0 Å². The minimum atomic E-state index is 0.0282. The number of hydrogen-bond acceptors (Lipinski definition) is 5. The van der Waals surface area contributed by atoms with Gasteiger partial charge >= 0.3 is 0 Å². The van der Waals surface area contributed by atoms with Crippen LogP contribution < -0.4 is 10.5 Å². The van der Waals surface area contributed by atoms with Gasteiger partial charge in [-0.15, -0.1) is 11.3 Å². The molecular formula is C21H22ClN3O2S. The quantitative estimate of drug-likeness (QED) is 0.633. The maximum atomic E-state index is 13.8. The normalized spacial score (nSPS) is 19.8. The first-order chi connectivity index (χ1) is 13.6. The van der Waals surface area contributed by atoms with Gasteiger partial charge < -0.3 is 9.64 Å². The number of fused-ring (bicyclic) bond motifs is 3. The lowest BCUT2D eigenvalue weighted by molar-refractivity contribution is 0.122. The van der Waals surface area contributed by atoms with Crippen molar-refractivity contribution in [2.75, 3.05) is 31.2 Å². The summed E-state index contributed by atoms with van der Waals surface area (Å²) in [6.45, 7) is 5.01. The van der Waals surface area contributed by atoms with Gasteiger partial charge in [0.25, 0.3) is 5.56 Å². The minimum Gasteiger partial charge on any atom is -0.378 e. The first-order valence-electron chi connectivity index (χ1n) is 9.78. The first-order valence-corrected chi connectivity index (χ1v) is 11.0. The zero-order valence-corrected chi connectivity index (χ0v) is 17.4. The van der Waals surface area contributed by atoms with E-state index in [1.54, 1.807) is 15.9 Å². The van der Waals surface area contributed by atoms with Crippen LogP contribution in [0.15, 0.2) is 29.1 Å². The van der Waals surface area contributed by atoms with E-state index < -0.39 is 0 Å². The van der Waals surface area contributed by atoms with Crippen molar-refractivity contribution in [3.63, 3.8) is 0 Å². The molecule has 3 heterocycles. The highest BCUT2D eigenvalue weighted by Crippen LogP contribution is 2.37. The van der Waals surface area contributed by atoms with Gasteiger partial charge in [-0.25, -0.2) is 9.55 Å². The van der Waals surface area contributed by atoms with Gasteiger partial charge in [0.2, 0.25) is 5.95 Å². The van der Waals surface area contributed by atoms with Crippen molar-refractivity contribution in [3.05, 3.63) is 50.1 Å². The topological polar surface area (TPSA) is 47.4 Å². The van der Waals surface area contributed by atoms with E-state index in [1.807, 2.05) is 24.3 Å². The smallest absolute Gasteiger partial charge is 0.268 e. The highest BCUT2D eigenvalue weighted by Gasteiger charge is 2.27. The Hall–Kier alpha value is -1.89. The molecule has 3 aromatic rings. The van der Waals surface area contributed by atoms with Gasteiger partial charge in [0.1, 0.15) is 4.83 Å². The largest absolute Gasteiger partial charge is 0.378 e. The van der Waals surface area contributed by atoms with Crippen LogP contribution in [0.2, 0.25) is 5.02 Å². The van der Waals surface area contributed by atoms with Crippen LogP contribution >= 0.6 is 22.9 Å². The summed E-state index contributed by atoms with van der Waals surface area (Å²) >= 11 is 7.78. The summed E-state index contributed by atoms with van der Waals surface area (Å²) in [7, 11) is 0. The van der Waals surface area contributed by atoms with Crippen LogP contribution in [0.3, 0.4) is 0 Å². The lowest BCUT2D eigenvalue weighted by Crippen LogP contribution is -2.40. The molecule has 2 aliphatic rings. The molecule has 1 saturated heterocycles. The molecule has 146 valence electrons. The van der Waals surface area contributed by atoms with E-state index in [4.69, 9.17) is 21.3 Å². The summed E-state index contributed by atoms with van der Waals surface area (Å²) in [5.74, 6) is 1.31. The van der Waals surface area contributed by atoms with Crippen LogP contribution in [0.1, 0.15) is 23.8 Å². The third kappa shape index (κ3) is 3.04. The van der Waals surface area contributed by atoms with Crippen molar-refractivity contribution in [2.45, 2.75) is 26.2 Å². The second kappa shape index (κ2) is 7.17. The number of hydrogen-bond donors (Lipinski definition) is 0. The number of morpholine rings is 1. The van der Waals surface area contributed by atoms with Gasteiger partial charge in [-0.2, -0.15) is 0 Å². The van der Waals surface area contributed by atoms with E-state index >= 15 is 0 Å². The van der Waals surface area contributed by atoms with Crippen molar-refractivity contribution in [1.29, 1.82) is 0 Å². The molecule has 0 amide bonds. The predicted octanol–water partition coefficient (Wildman–Crippen LogP) is 4.06. The molecule has 5 rings (SSSR count). The molecule has 0 unspecified atom stereocenters. The fourth-order valence-electron chi connectivity index (χ4n) is 4.18. The lowest BCUT2D eigenvalue weighted by atomic mass is 9.89. The van der Waals surface area contributed by atoms with Crippen LogP contribution in [-0.2, 0) is 17.6 Å². The van der Waals surface area contributed by atoms with E-state index in [0.29, 0.717) is 30.1 Å². The number of aryl methyl sites for hydroxylation is 1. The Kier molecular flexibility index (Phi) is 4.65. The monoisotopic (exact) mass is 415 g/mol. The van der Waals surface area contributed by atoms with Gasteiger partial charge in [0.05, 0.1) is 24.3 Å². The Morgan fingerprint density at radius 1 is 1.21 bits per heavy atom. The number of nitrogens with zero attached hydrogens (tertiary/aromatic N) is 3. The van der Waals surface area contributed by atoms with Crippen molar-refractivity contribution in [3.8, 4) is 5.69 Å². The van der Waals surface area contributed by atoms with E-state index in [9.17, 15) is 4.79 Å². The summed E-state index contributed by atoms with van der Waals surface area (Å²) in [6.07, 6.45) is 3.19. The second-order valence-corrected chi connectivity index (χ2v) is 9.18. The third-order valence-electron chi connectivity index (χ3n) is 5.69. The first kappa shape index (κ1) is 18.2. The SMILES string of the molecule is C[C@H]1CCc2sc3nc(N4CCOCC4)n(-c4ccc(Cl)cc4)c(=O)c3c2C1. The van der Waals surface area contributed by atoms with E-state index in [-0.39, 0.29) is 5.56 Å². The maximum Gasteiger partial charge on any atom is 0.268 e. The molecule has 0 bridgehead atoms. The third-order valence-corrected chi connectivity index (χ3v) is 7.12.